The van der Waals surface area contributed by atoms with E-state index in [9.17, 15) is 4.39 Å². The quantitative estimate of drug-likeness (QED) is 0.700. The molecule has 0 saturated carbocycles. The highest BCUT2D eigenvalue weighted by Crippen LogP contribution is 2.25. The molecule has 0 saturated heterocycles. The van der Waals surface area contributed by atoms with Crippen LogP contribution in [-0.4, -0.2) is 10.2 Å². The highest BCUT2D eigenvalue weighted by atomic mass is 19.1. The van der Waals surface area contributed by atoms with Gasteiger partial charge in [-0.1, -0.05) is 6.07 Å². The third-order valence-corrected chi connectivity index (χ3v) is 3.27. The van der Waals surface area contributed by atoms with Crippen molar-refractivity contribution in [2.24, 2.45) is 0 Å². The molecule has 3 rings (SSSR count). The molecule has 0 amide bonds. The second kappa shape index (κ2) is 4.89. The monoisotopic (exact) mass is 268 g/mol. The van der Waals surface area contributed by atoms with Crippen LogP contribution in [-0.2, 0) is 0 Å². The Balaban J connectivity index is 1.97. The van der Waals surface area contributed by atoms with E-state index < -0.39 is 0 Å². The molecular formula is C16H13FN2O. The summed E-state index contributed by atoms with van der Waals surface area (Å²) in [7, 11) is 0. The van der Waals surface area contributed by atoms with E-state index in [1.807, 2.05) is 25.1 Å². The SMILES string of the molecule is Cc1ccc(-c2nnc(-c3ccc(F)cc3)o2)cc1C. The maximum Gasteiger partial charge on any atom is 0.248 e. The third kappa shape index (κ3) is 2.32. The minimum atomic E-state index is -0.289. The van der Waals surface area contributed by atoms with Gasteiger partial charge in [-0.05, 0) is 61.4 Å². The Bertz CT molecular complexity index is 747. The van der Waals surface area contributed by atoms with E-state index in [1.54, 1.807) is 12.1 Å². The van der Waals surface area contributed by atoms with Gasteiger partial charge in [0.1, 0.15) is 5.82 Å². The molecule has 3 nitrogen and oxygen atoms in total. The highest BCUT2D eigenvalue weighted by Gasteiger charge is 2.11. The summed E-state index contributed by atoms with van der Waals surface area (Å²) in [6.45, 7) is 4.09. The summed E-state index contributed by atoms with van der Waals surface area (Å²) >= 11 is 0. The lowest BCUT2D eigenvalue weighted by molar-refractivity contribution is 0.584. The molecule has 0 radical (unpaired) electrons. The van der Waals surface area contributed by atoms with Gasteiger partial charge in [0.25, 0.3) is 0 Å². The molecule has 3 aromatic rings. The van der Waals surface area contributed by atoms with Gasteiger partial charge >= 0.3 is 0 Å². The second-order valence-corrected chi connectivity index (χ2v) is 4.72. The summed E-state index contributed by atoms with van der Waals surface area (Å²) in [5.41, 5.74) is 3.97. The largest absolute Gasteiger partial charge is 0.416 e. The van der Waals surface area contributed by atoms with E-state index in [0.717, 1.165) is 5.56 Å². The van der Waals surface area contributed by atoms with Gasteiger partial charge in [0.2, 0.25) is 11.8 Å². The molecule has 0 atom stereocenters. The summed E-state index contributed by atoms with van der Waals surface area (Å²) in [6.07, 6.45) is 0. The maximum atomic E-state index is 12.9. The van der Waals surface area contributed by atoms with E-state index in [1.165, 1.54) is 23.3 Å². The molecule has 0 spiro atoms. The number of nitrogens with zero attached hydrogens (tertiary/aromatic N) is 2. The van der Waals surface area contributed by atoms with Crippen molar-refractivity contribution in [1.82, 2.24) is 10.2 Å². The molecule has 0 bridgehead atoms. The van der Waals surface area contributed by atoms with Crippen LogP contribution in [0, 0.1) is 19.7 Å². The first-order chi connectivity index (χ1) is 9.63. The molecule has 0 fully saturated rings. The first-order valence-electron chi connectivity index (χ1n) is 6.30. The maximum absolute atomic E-state index is 12.9. The number of halogens is 1. The predicted octanol–water partition coefficient (Wildman–Crippen LogP) is 4.16. The molecule has 100 valence electrons. The van der Waals surface area contributed by atoms with Gasteiger partial charge in [0.05, 0.1) is 0 Å². The fraction of sp³-hybridized carbons (Fsp3) is 0.125. The van der Waals surface area contributed by atoms with Crippen molar-refractivity contribution in [3.63, 3.8) is 0 Å². The molecule has 4 heteroatoms. The van der Waals surface area contributed by atoms with Crippen molar-refractivity contribution in [3.05, 3.63) is 59.4 Å². The zero-order valence-corrected chi connectivity index (χ0v) is 11.2. The van der Waals surface area contributed by atoms with Crippen molar-refractivity contribution in [3.8, 4) is 22.9 Å². The number of aromatic nitrogens is 2. The zero-order valence-electron chi connectivity index (χ0n) is 11.2. The van der Waals surface area contributed by atoms with Crippen LogP contribution in [0.2, 0.25) is 0 Å². The zero-order chi connectivity index (χ0) is 14.1. The second-order valence-electron chi connectivity index (χ2n) is 4.72. The lowest BCUT2D eigenvalue weighted by Gasteiger charge is -2.01. The topological polar surface area (TPSA) is 38.9 Å². The van der Waals surface area contributed by atoms with Gasteiger partial charge in [-0.3, -0.25) is 0 Å². The molecule has 1 aromatic heterocycles. The minimum absolute atomic E-state index is 0.289. The fourth-order valence-corrected chi connectivity index (χ4v) is 1.92. The van der Waals surface area contributed by atoms with Crippen molar-refractivity contribution in [2.75, 3.05) is 0 Å². The van der Waals surface area contributed by atoms with Crippen LogP contribution in [0.15, 0.2) is 46.9 Å². The lowest BCUT2D eigenvalue weighted by Crippen LogP contribution is -1.83. The van der Waals surface area contributed by atoms with Gasteiger partial charge in [-0.2, -0.15) is 0 Å². The number of hydrogen-bond donors (Lipinski definition) is 0. The molecule has 0 aliphatic heterocycles. The molecule has 2 aromatic carbocycles. The summed E-state index contributed by atoms with van der Waals surface area (Å²) in [6, 6.07) is 12.0. The van der Waals surface area contributed by atoms with E-state index >= 15 is 0 Å². The van der Waals surface area contributed by atoms with Gasteiger partial charge in [0.15, 0.2) is 0 Å². The molecule has 0 N–H and O–H groups in total. The number of hydrogen-bond acceptors (Lipinski definition) is 3. The summed E-state index contributed by atoms with van der Waals surface area (Å²) in [4.78, 5) is 0. The van der Waals surface area contributed by atoms with Gasteiger partial charge in [-0.25, -0.2) is 4.39 Å². The normalized spacial score (nSPS) is 10.8. The van der Waals surface area contributed by atoms with Crippen molar-refractivity contribution >= 4 is 0 Å². The Morgan fingerprint density at radius 3 is 2.05 bits per heavy atom. The Hall–Kier alpha value is -2.49. The van der Waals surface area contributed by atoms with Crippen LogP contribution in [0.4, 0.5) is 4.39 Å². The van der Waals surface area contributed by atoms with E-state index in [0.29, 0.717) is 17.3 Å². The fourth-order valence-electron chi connectivity index (χ4n) is 1.92. The molecule has 1 heterocycles. The average molecular weight is 268 g/mol. The molecule has 0 aliphatic rings. The smallest absolute Gasteiger partial charge is 0.248 e. The number of benzene rings is 2. The first-order valence-corrected chi connectivity index (χ1v) is 6.30. The predicted molar refractivity (Wildman–Crippen MR) is 74.6 cm³/mol. The summed E-state index contributed by atoms with van der Waals surface area (Å²) in [5, 5.41) is 8.05. The Kier molecular flexibility index (Phi) is 3.06. The van der Waals surface area contributed by atoms with E-state index in [4.69, 9.17) is 4.42 Å². The van der Waals surface area contributed by atoms with Gasteiger partial charge in [-0.15, -0.1) is 10.2 Å². The van der Waals surface area contributed by atoms with Crippen LogP contribution >= 0.6 is 0 Å². The number of rotatable bonds is 2. The molecular weight excluding hydrogens is 255 g/mol. The Labute approximate surface area is 116 Å². The number of aryl methyl sites for hydroxylation is 2. The van der Waals surface area contributed by atoms with Crippen molar-refractivity contribution < 1.29 is 8.81 Å². The van der Waals surface area contributed by atoms with Crippen molar-refractivity contribution in [1.29, 1.82) is 0 Å². The van der Waals surface area contributed by atoms with Crippen LogP contribution in [0.25, 0.3) is 22.9 Å². The van der Waals surface area contributed by atoms with Crippen LogP contribution in [0.3, 0.4) is 0 Å². The van der Waals surface area contributed by atoms with Crippen LogP contribution < -0.4 is 0 Å². The van der Waals surface area contributed by atoms with Crippen LogP contribution in [0.5, 0.6) is 0 Å². The van der Waals surface area contributed by atoms with Gasteiger partial charge in [0, 0.05) is 11.1 Å². The molecule has 0 aliphatic carbocycles. The standard InChI is InChI=1S/C16H13FN2O/c1-10-3-4-13(9-11(10)2)16-19-18-15(20-16)12-5-7-14(17)8-6-12/h3-9H,1-2H3. The highest BCUT2D eigenvalue weighted by molar-refractivity contribution is 5.59. The van der Waals surface area contributed by atoms with Crippen molar-refractivity contribution in [2.45, 2.75) is 13.8 Å². The summed E-state index contributed by atoms with van der Waals surface area (Å²) < 4.78 is 18.5. The molecule has 20 heavy (non-hydrogen) atoms. The van der Waals surface area contributed by atoms with Crippen LogP contribution in [0.1, 0.15) is 11.1 Å². The third-order valence-electron chi connectivity index (χ3n) is 3.27. The van der Waals surface area contributed by atoms with E-state index in [2.05, 4.69) is 17.1 Å². The average Bonchev–Trinajstić information content (AvgIpc) is 2.92. The minimum Gasteiger partial charge on any atom is -0.416 e. The summed E-state index contributed by atoms with van der Waals surface area (Å²) in [5.74, 6) is 0.563. The first kappa shape index (κ1) is 12.5. The van der Waals surface area contributed by atoms with Gasteiger partial charge < -0.3 is 4.42 Å². The van der Waals surface area contributed by atoms with E-state index in [-0.39, 0.29) is 5.82 Å². The lowest BCUT2D eigenvalue weighted by atomic mass is 10.1. The Morgan fingerprint density at radius 2 is 1.40 bits per heavy atom. The Morgan fingerprint density at radius 1 is 0.800 bits per heavy atom. The molecule has 0 unspecified atom stereocenters.